The molecule has 3 aliphatic rings. The van der Waals surface area contributed by atoms with Crippen LogP contribution in [0.2, 0.25) is 0 Å². The van der Waals surface area contributed by atoms with Gasteiger partial charge >= 0.3 is 0 Å². The van der Waals surface area contributed by atoms with E-state index in [1.54, 1.807) is 12.7 Å². The SMILES string of the molecule is O=C(NC[C@H]1[C@H]2CN(CCn3cnnc3)C[C@]23CC[C@H]1O3)c1cc2ccccc2[nH]1. The van der Waals surface area contributed by atoms with Gasteiger partial charge in [0.15, 0.2) is 0 Å². The number of para-hydroxylation sites is 1. The third kappa shape index (κ3) is 2.94. The first kappa shape index (κ1) is 18.1. The lowest BCUT2D eigenvalue weighted by molar-refractivity contribution is 0.00254. The molecular formula is C22H26N6O2. The van der Waals surface area contributed by atoms with Crippen molar-refractivity contribution in [3.05, 3.63) is 48.7 Å². The zero-order valence-electron chi connectivity index (χ0n) is 16.8. The van der Waals surface area contributed by atoms with Crippen molar-refractivity contribution in [3.8, 4) is 0 Å². The Kier molecular flexibility index (Phi) is 4.17. The van der Waals surface area contributed by atoms with Crippen molar-refractivity contribution < 1.29 is 9.53 Å². The third-order valence-corrected chi connectivity index (χ3v) is 7.27. The standard InChI is InChI=1S/C22H26N6O2/c29-21(19-9-15-3-1-2-4-18(15)26-19)23-10-16-17-11-27(7-8-28-13-24-25-14-28)12-22(17)6-5-20(16)30-22/h1-4,9,13-14,16-17,20,26H,5-8,10-12H2,(H,23,29)/t16-,17+,20+,22+/m0/s1. The number of likely N-dealkylation sites (tertiary alicyclic amines) is 1. The number of hydrogen-bond acceptors (Lipinski definition) is 5. The number of benzene rings is 1. The van der Waals surface area contributed by atoms with Crippen LogP contribution in [0.1, 0.15) is 23.3 Å². The molecular weight excluding hydrogens is 380 g/mol. The molecule has 3 aliphatic heterocycles. The highest BCUT2D eigenvalue weighted by atomic mass is 16.5. The fourth-order valence-electron chi connectivity index (χ4n) is 5.83. The van der Waals surface area contributed by atoms with Crippen LogP contribution in [-0.2, 0) is 11.3 Å². The van der Waals surface area contributed by atoms with Crippen LogP contribution < -0.4 is 5.32 Å². The van der Waals surface area contributed by atoms with E-state index < -0.39 is 0 Å². The maximum atomic E-state index is 12.8. The summed E-state index contributed by atoms with van der Waals surface area (Å²) in [5.41, 5.74) is 1.59. The Morgan fingerprint density at radius 2 is 2.13 bits per heavy atom. The summed E-state index contributed by atoms with van der Waals surface area (Å²) < 4.78 is 8.53. The van der Waals surface area contributed by atoms with Gasteiger partial charge in [0.1, 0.15) is 18.3 Å². The summed E-state index contributed by atoms with van der Waals surface area (Å²) in [6.07, 6.45) is 6.04. The van der Waals surface area contributed by atoms with Crippen LogP contribution >= 0.6 is 0 Å². The molecule has 3 saturated heterocycles. The number of rotatable bonds is 6. The van der Waals surface area contributed by atoms with E-state index in [4.69, 9.17) is 4.74 Å². The summed E-state index contributed by atoms with van der Waals surface area (Å²) in [6, 6.07) is 9.89. The molecule has 6 rings (SSSR count). The Hall–Kier alpha value is -2.71. The second kappa shape index (κ2) is 6.92. The number of fused-ring (bicyclic) bond motifs is 2. The molecule has 156 valence electrons. The van der Waals surface area contributed by atoms with Gasteiger partial charge in [-0.1, -0.05) is 18.2 Å². The molecule has 8 heteroatoms. The molecule has 0 aliphatic carbocycles. The molecule has 2 bridgehead atoms. The number of carbonyl (C=O) groups excluding carboxylic acids is 1. The number of H-pyrrole nitrogens is 1. The maximum Gasteiger partial charge on any atom is 0.267 e. The highest BCUT2D eigenvalue weighted by Crippen LogP contribution is 2.54. The average Bonchev–Trinajstić information content (AvgIpc) is 3.56. The maximum absolute atomic E-state index is 12.8. The van der Waals surface area contributed by atoms with Gasteiger partial charge < -0.3 is 19.6 Å². The third-order valence-electron chi connectivity index (χ3n) is 7.27. The Morgan fingerprint density at radius 1 is 1.27 bits per heavy atom. The molecule has 1 spiro atoms. The zero-order valence-corrected chi connectivity index (χ0v) is 16.8. The predicted molar refractivity (Wildman–Crippen MR) is 111 cm³/mol. The molecule has 1 aromatic carbocycles. The minimum Gasteiger partial charge on any atom is -0.370 e. The minimum absolute atomic E-state index is 0.0195. The van der Waals surface area contributed by atoms with Crippen LogP contribution in [0.25, 0.3) is 10.9 Å². The number of hydrogen-bond donors (Lipinski definition) is 2. The number of nitrogens with one attached hydrogen (secondary N) is 2. The van der Waals surface area contributed by atoms with E-state index in [2.05, 4.69) is 25.4 Å². The first-order valence-corrected chi connectivity index (χ1v) is 10.8. The topological polar surface area (TPSA) is 88.1 Å². The first-order valence-electron chi connectivity index (χ1n) is 10.8. The molecule has 8 nitrogen and oxygen atoms in total. The summed E-state index contributed by atoms with van der Waals surface area (Å²) in [5.74, 6) is 0.831. The van der Waals surface area contributed by atoms with Crippen molar-refractivity contribution in [2.45, 2.75) is 31.1 Å². The van der Waals surface area contributed by atoms with Gasteiger partial charge in [-0.3, -0.25) is 9.69 Å². The van der Waals surface area contributed by atoms with Gasteiger partial charge in [-0.15, -0.1) is 10.2 Å². The largest absolute Gasteiger partial charge is 0.370 e. The summed E-state index contributed by atoms with van der Waals surface area (Å²) in [4.78, 5) is 18.5. The van der Waals surface area contributed by atoms with Gasteiger partial charge in [-0.25, -0.2) is 0 Å². The van der Waals surface area contributed by atoms with Crippen molar-refractivity contribution in [3.63, 3.8) is 0 Å². The molecule has 30 heavy (non-hydrogen) atoms. The number of amides is 1. The molecule has 3 fully saturated rings. The normalized spacial score (nSPS) is 30.2. The van der Waals surface area contributed by atoms with Crippen molar-refractivity contribution in [2.24, 2.45) is 11.8 Å². The lowest BCUT2D eigenvalue weighted by Gasteiger charge is -2.29. The summed E-state index contributed by atoms with van der Waals surface area (Å²) in [5, 5.41) is 12.0. The second-order valence-corrected chi connectivity index (χ2v) is 8.95. The summed E-state index contributed by atoms with van der Waals surface area (Å²) in [6.45, 7) is 4.55. The number of aromatic amines is 1. The van der Waals surface area contributed by atoms with Crippen LogP contribution in [0.5, 0.6) is 0 Å². The molecule has 2 aromatic heterocycles. The number of ether oxygens (including phenoxy) is 1. The fraction of sp³-hybridized carbons (Fsp3) is 0.500. The molecule has 3 aromatic rings. The van der Waals surface area contributed by atoms with Crippen molar-refractivity contribution >= 4 is 16.8 Å². The van der Waals surface area contributed by atoms with Crippen molar-refractivity contribution in [1.82, 2.24) is 30.0 Å². The quantitative estimate of drug-likeness (QED) is 0.650. The first-order chi connectivity index (χ1) is 14.7. The molecule has 0 saturated carbocycles. The van der Waals surface area contributed by atoms with Gasteiger partial charge in [-0.2, -0.15) is 0 Å². The zero-order chi connectivity index (χ0) is 20.1. The Balaban J connectivity index is 1.10. The molecule has 5 heterocycles. The summed E-state index contributed by atoms with van der Waals surface area (Å²) in [7, 11) is 0. The average molecular weight is 406 g/mol. The van der Waals surface area contributed by atoms with Gasteiger partial charge in [0.25, 0.3) is 5.91 Å². The Labute approximate surface area is 174 Å². The van der Waals surface area contributed by atoms with E-state index >= 15 is 0 Å². The molecule has 2 N–H and O–H groups in total. The van der Waals surface area contributed by atoms with E-state index in [1.165, 1.54) is 0 Å². The molecule has 0 unspecified atom stereocenters. The van der Waals surface area contributed by atoms with E-state index in [9.17, 15) is 4.79 Å². The minimum atomic E-state index is -0.0366. The molecule has 4 atom stereocenters. The van der Waals surface area contributed by atoms with Gasteiger partial charge in [0, 0.05) is 55.5 Å². The Morgan fingerprint density at radius 3 is 3.00 bits per heavy atom. The lowest BCUT2D eigenvalue weighted by Crippen LogP contribution is -2.42. The fourth-order valence-corrected chi connectivity index (χ4v) is 5.83. The van der Waals surface area contributed by atoms with Crippen LogP contribution in [0.15, 0.2) is 43.0 Å². The van der Waals surface area contributed by atoms with E-state index in [-0.39, 0.29) is 17.6 Å². The number of nitrogens with zero attached hydrogens (tertiary/aromatic N) is 4. The second-order valence-electron chi connectivity index (χ2n) is 8.95. The van der Waals surface area contributed by atoms with Crippen LogP contribution in [-0.4, -0.2) is 68.4 Å². The molecule has 1 amide bonds. The lowest BCUT2D eigenvalue weighted by atomic mass is 9.73. The number of carbonyl (C=O) groups is 1. The van der Waals surface area contributed by atoms with Crippen molar-refractivity contribution in [1.29, 1.82) is 0 Å². The van der Waals surface area contributed by atoms with Crippen molar-refractivity contribution in [2.75, 3.05) is 26.2 Å². The van der Waals surface area contributed by atoms with Gasteiger partial charge in [-0.05, 0) is 25.0 Å². The Bertz CT molecular complexity index is 1030. The monoisotopic (exact) mass is 406 g/mol. The predicted octanol–water partition coefficient (Wildman–Crippen LogP) is 1.67. The molecule has 0 radical (unpaired) electrons. The van der Waals surface area contributed by atoms with Crippen LogP contribution in [0.3, 0.4) is 0 Å². The van der Waals surface area contributed by atoms with Gasteiger partial charge in [0.2, 0.25) is 0 Å². The number of aromatic nitrogens is 4. The van der Waals surface area contributed by atoms with Gasteiger partial charge in [0.05, 0.1) is 11.7 Å². The smallest absolute Gasteiger partial charge is 0.267 e. The van der Waals surface area contributed by atoms with E-state index in [0.29, 0.717) is 24.1 Å². The highest BCUT2D eigenvalue weighted by Gasteiger charge is 2.62. The van der Waals surface area contributed by atoms with E-state index in [0.717, 1.165) is 49.9 Å². The highest BCUT2D eigenvalue weighted by molar-refractivity contribution is 5.97. The summed E-state index contributed by atoms with van der Waals surface area (Å²) >= 11 is 0. The van der Waals surface area contributed by atoms with Crippen LogP contribution in [0, 0.1) is 11.8 Å². The van der Waals surface area contributed by atoms with Crippen LogP contribution in [0.4, 0.5) is 0 Å². The van der Waals surface area contributed by atoms with E-state index in [1.807, 2.05) is 34.9 Å².